The van der Waals surface area contributed by atoms with Gasteiger partial charge in [0, 0.05) is 43.3 Å². The number of amides is 2. The quantitative estimate of drug-likeness (QED) is 0.179. The number of aryl methyl sites for hydroxylation is 1. The van der Waals surface area contributed by atoms with E-state index in [-0.39, 0.29) is 23.3 Å². The predicted molar refractivity (Wildman–Crippen MR) is 184 cm³/mol. The summed E-state index contributed by atoms with van der Waals surface area (Å²) < 4.78 is 33.2. The van der Waals surface area contributed by atoms with Gasteiger partial charge in [-0.05, 0) is 60.6 Å². The van der Waals surface area contributed by atoms with E-state index in [1.807, 2.05) is 12.1 Å². The van der Waals surface area contributed by atoms with Gasteiger partial charge in [-0.25, -0.2) is 0 Å². The molecule has 0 aliphatic heterocycles. The summed E-state index contributed by atoms with van der Waals surface area (Å²) in [5.41, 5.74) is 4.01. The average Bonchev–Trinajstić information content (AvgIpc) is 3.32. The molecule has 0 saturated carbocycles. The van der Waals surface area contributed by atoms with Gasteiger partial charge in [-0.3, -0.25) is 14.4 Å². The first-order valence-electron chi connectivity index (χ1n) is 15.8. The first kappa shape index (κ1) is 35.7. The molecule has 4 rings (SSSR count). The molecule has 3 N–H and O–H groups in total. The van der Waals surface area contributed by atoms with Gasteiger partial charge in [0.05, 0.1) is 54.4 Å². The maximum absolute atomic E-state index is 13.5. The molecule has 1 aliphatic carbocycles. The lowest BCUT2D eigenvalue weighted by atomic mass is 9.95. The lowest BCUT2D eigenvalue weighted by molar-refractivity contribution is -0.119. The highest BCUT2D eigenvalue weighted by Crippen LogP contribution is 2.50. The molecule has 12 heteroatoms. The number of carbonyl (C=O) groups excluding carboxylic acids is 2. The molecule has 0 saturated heterocycles. The second-order valence-electron chi connectivity index (χ2n) is 11.3. The van der Waals surface area contributed by atoms with Gasteiger partial charge in [-0.15, -0.1) is 0 Å². The molecule has 48 heavy (non-hydrogen) atoms. The molecule has 2 amide bonds. The van der Waals surface area contributed by atoms with Crippen LogP contribution in [0, 0.1) is 0 Å². The highest BCUT2D eigenvalue weighted by Gasteiger charge is 2.29. The molecule has 0 radical (unpaired) electrons. The summed E-state index contributed by atoms with van der Waals surface area (Å²) in [7, 11) is 9.25. The Balaban J connectivity index is 1.46. The zero-order valence-electron chi connectivity index (χ0n) is 28.7. The zero-order chi connectivity index (χ0) is 34.8. The third-order valence-corrected chi connectivity index (χ3v) is 8.26. The van der Waals surface area contributed by atoms with Crippen molar-refractivity contribution in [2.75, 3.05) is 59.8 Å². The lowest BCUT2D eigenvalue weighted by Gasteiger charge is -2.19. The lowest BCUT2D eigenvalue weighted by Crippen LogP contribution is -2.26. The van der Waals surface area contributed by atoms with Gasteiger partial charge in [0.2, 0.25) is 28.7 Å². The molecule has 1 aliphatic rings. The van der Waals surface area contributed by atoms with Crippen molar-refractivity contribution in [2.45, 2.75) is 51.5 Å². The zero-order valence-corrected chi connectivity index (χ0v) is 28.7. The van der Waals surface area contributed by atoms with E-state index in [0.29, 0.717) is 83.7 Å². The topological polar surface area (TPSA) is 143 Å². The fourth-order valence-corrected chi connectivity index (χ4v) is 6.04. The van der Waals surface area contributed by atoms with Gasteiger partial charge in [-0.1, -0.05) is 12.5 Å². The van der Waals surface area contributed by atoms with E-state index in [2.05, 4.69) is 16.0 Å². The van der Waals surface area contributed by atoms with Crippen LogP contribution in [0.3, 0.4) is 0 Å². The maximum Gasteiger partial charge on any atom is 0.224 e. The largest absolute Gasteiger partial charge is 0.493 e. The summed E-state index contributed by atoms with van der Waals surface area (Å²) in [6.45, 7) is 2.01. The first-order chi connectivity index (χ1) is 23.2. The molecule has 258 valence electrons. The number of carbonyl (C=O) groups is 2. The summed E-state index contributed by atoms with van der Waals surface area (Å²) >= 11 is 0. The van der Waals surface area contributed by atoms with Crippen LogP contribution in [0.15, 0.2) is 41.2 Å². The number of unbranched alkanes of at least 4 members (excludes halogenated alkanes) is 2. The van der Waals surface area contributed by atoms with E-state index in [1.165, 1.54) is 28.3 Å². The third kappa shape index (κ3) is 8.04. The van der Waals surface area contributed by atoms with Crippen LogP contribution in [0.1, 0.15) is 56.2 Å². The first-order valence-corrected chi connectivity index (χ1v) is 15.8. The van der Waals surface area contributed by atoms with Gasteiger partial charge in [0.1, 0.15) is 0 Å². The van der Waals surface area contributed by atoms with E-state index >= 15 is 0 Å². The second-order valence-corrected chi connectivity index (χ2v) is 11.3. The Morgan fingerprint density at radius 2 is 1.42 bits per heavy atom. The van der Waals surface area contributed by atoms with Gasteiger partial charge < -0.3 is 44.4 Å². The molecular formula is C36H45N3O9. The van der Waals surface area contributed by atoms with Crippen LogP contribution in [-0.4, -0.2) is 61.0 Å². The van der Waals surface area contributed by atoms with Gasteiger partial charge in [-0.2, -0.15) is 0 Å². The van der Waals surface area contributed by atoms with E-state index in [1.54, 1.807) is 45.6 Å². The van der Waals surface area contributed by atoms with Crippen molar-refractivity contribution < 1.29 is 38.0 Å². The minimum absolute atomic E-state index is 0.130. The standard InChI is InChI=1S/C36H45N3O9/c1-21(40)38-26-14-12-22-17-29(43-2)35(47-6)36(48-7)33(22)24-13-15-27(28(41)20-25(24)26)37-16-10-8-9-11-32(42)39-23-18-30(44-3)34(46-5)31(19-23)45-4/h13,15,17-20,26H,8-12,14,16H2,1-7H3,(H,37,41)(H,38,40)(H,39,42)/t26-/m1/s1. The van der Waals surface area contributed by atoms with Crippen LogP contribution in [0.4, 0.5) is 11.4 Å². The van der Waals surface area contributed by atoms with Crippen LogP contribution < -0.4 is 49.8 Å². The Bertz CT molecular complexity index is 1670. The molecule has 3 aromatic rings. The minimum atomic E-state index is -0.384. The van der Waals surface area contributed by atoms with Gasteiger partial charge >= 0.3 is 0 Å². The number of benzene rings is 2. The van der Waals surface area contributed by atoms with Gasteiger partial charge in [0.15, 0.2) is 23.0 Å². The number of rotatable bonds is 15. The average molecular weight is 664 g/mol. The molecule has 0 heterocycles. The van der Waals surface area contributed by atoms with Crippen LogP contribution in [0.2, 0.25) is 0 Å². The predicted octanol–water partition coefficient (Wildman–Crippen LogP) is 5.50. The number of ether oxygens (including phenoxy) is 6. The number of fused-ring (bicyclic) bond motifs is 3. The van der Waals surface area contributed by atoms with Crippen LogP contribution in [0.5, 0.6) is 34.5 Å². The maximum atomic E-state index is 13.5. The van der Waals surface area contributed by atoms with Crippen molar-refractivity contribution in [3.8, 4) is 45.6 Å². The molecule has 0 fully saturated rings. The van der Waals surface area contributed by atoms with Crippen molar-refractivity contribution in [1.82, 2.24) is 5.32 Å². The van der Waals surface area contributed by atoms with Crippen LogP contribution in [0.25, 0.3) is 11.1 Å². The molecule has 0 bridgehead atoms. The smallest absolute Gasteiger partial charge is 0.224 e. The van der Waals surface area contributed by atoms with Crippen molar-refractivity contribution in [1.29, 1.82) is 0 Å². The van der Waals surface area contributed by atoms with Crippen molar-refractivity contribution in [3.63, 3.8) is 0 Å². The highest BCUT2D eigenvalue weighted by molar-refractivity contribution is 5.91. The SMILES string of the molecule is COc1cc(NC(=O)CCCCCNc2ccc3c(cc2=O)[C@H](NC(C)=O)CCc2cc(OC)c(OC)c(OC)c2-3)cc(OC)c1OC. The van der Waals surface area contributed by atoms with Crippen LogP contribution in [-0.2, 0) is 16.0 Å². The number of nitrogens with one attached hydrogen (secondary N) is 3. The number of hydrogen-bond donors (Lipinski definition) is 3. The molecule has 0 spiro atoms. The molecule has 12 nitrogen and oxygen atoms in total. The number of anilines is 2. The van der Waals surface area contributed by atoms with Crippen molar-refractivity contribution in [3.05, 3.63) is 57.7 Å². The Morgan fingerprint density at radius 1 is 0.771 bits per heavy atom. The van der Waals surface area contributed by atoms with E-state index in [4.69, 9.17) is 28.4 Å². The third-order valence-electron chi connectivity index (χ3n) is 8.26. The van der Waals surface area contributed by atoms with Gasteiger partial charge in [0.25, 0.3) is 0 Å². The summed E-state index contributed by atoms with van der Waals surface area (Å²) in [5.74, 6) is 2.53. The summed E-state index contributed by atoms with van der Waals surface area (Å²) in [6, 6.07) is 10.2. The monoisotopic (exact) mass is 663 g/mol. The van der Waals surface area contributed by atoms with Crippen molar-refractivity contribution in [2.24, 2.45) is 0 Å². The second kappa shape index (κ2) is 16.6. The molecular weight excluding hydrogens is 618 g/mol. The Hall–Kier alpha value is -5.13. The molecule has 0 aromatic heterocycles. The Kier molecular flexibility index (Phi) is 12.4. The molecule has 3 aromatic carbocycles. The van der Waals surface area contributed by atoms with E-state index in [0.717, 1.165) is 29.5 Å². The summed E-state index contributed by atoms with van der Waals surface area (Å²) in [4.78, 5) is 38.3. The normalized spacial score (nSPS) is 13.2. The molecule has 1 atom stereocenters. The fourth-order valence-electron chi connectivity index (χ4n) is 6.04. The summed E-state index contributed by atoms with van der Waals surface area (Å²) in [5, 5.41) is 9.18. The number of methoxy groups -OCH3 is 6. The number of hydrogen-bond acceptors (Lipinski definition) is 10. The minimum Gasteiger partial charge on any atom is -0.493 e. The Morgan fingerprint density at radius 3 is 2.02 bits per heavy atom. The Labute approximate surface area is 281 Å². The van der Waals surface area contributed by atoms with E-state index < -0.39 is 0 Å². The van der Waals surface area contributed by atoms with Crippen molar-refractivity contribution >= 4 is 23.2 Å². The van der Waals surface area contributed by atoms with Crippen LogP contribution >= 0.6 is 0 Å². The summed E-state index contributed by atoms with van der Waals surface area (Å²) in [6.07, 6.45) is 3.72. The fraction of sp³-hybridized carbons (Fsp3) is 0.417. The molecule has 0 unspecified atom stereocenters. The highest BCUT2D eigenvalue weighted by atomic mass is 16.5. The van der Waals surface area contributed by atoms with E-state index in [9.17, 15) is 14.4 Å².